The van der Waals surface area contributed by atoms with Crippen LogP contribution in [0.2, 0.25) is 18.1 Å². The summed E-state index contributed by atoms with van der Waals surface area (Å²) >= 11 is 0. The van der Waals surface area contributed by atoms with Gasteiger partial charge >= 0.3 is 0 Å². The molecule has 0 aliphatic rings. The van der Waals surface area contributed by atoms with Crippen molar-refractivity contribution in [1.82, 2.24) is 5.32 Å². The number of rotatable bonds is 8. The van der Waals surface area contributed by atoms with Gasteiger partial charge in [0.1, 0.15) is 0 Å². The molecule has 2 rings (SSSR count). The maximum atomic E-state index is 12.4. The molecule has 4 heteroatoms. The van der Waals surface area contributed by atoms with Crippen LogP contribution < -0.4 is 5.32 Å². The van der Waals surface area contributed by atoms with Gasteiger partial charge in [0.25, 0.3) is 5.91 Å². The number of amides is 1. The Hall–Kier alpha value is -1.91. The third-order valence-electron chi connectivity index (χ3n) is 5.55. The molecular weight excluding hydrogens is 350 g/mol. The maximum Gasteiger partial charge on any atom is 0.251 e. The van der Waals surface area contributed by atoms with E-state index < -0.39 is 8.32 Å². The lowest BCUT2D eigenvalue weighted by Gasteiger charge is -2.36. The van der Waals surface area contributed by atoms with Crippen molar-refractivity contribution >= 4 is 14.2 Å². The van der Waals surface area contributed by atoms with Crippen molar-refractivity contribution in [3.63, 3.8) is 0 Å². The minimum absolute atomic E-state index is 0.0261. The van der Waals surface area contributed by atoms with Crippen molar-refractivity contribution in [3.8, 4) is 0 Å². The molecule has 146 valence electrons. The third-order valence-corrected chi connectivity index (χ3v) is 10.1. The van der Waals surface area contributed by atoms with E-state index in [1.165, 1.54) is 5.56 Å². The normalized spacial score (nSPS) is 13.2. The molecule has 0 saturated heterocycles. The topological polar surface area (TPSA) is 38.3 Å². The van der Waals surface area contributed by atoms with Gasteiger partial charge in [-0.3, -0.25) is 4.79 Å². The molecule has 0 aliphatic carbocycles. The molecular formula is C23H33NO2Si. The van der Waals surface area contributed by atoms with Gasteiger partial charge in [-0.2, -0.15) is 0 Å². The van der Waals surface area contributed by atoms with Gasteiger partial charge in [0.15, 0.2) is 8.32 Å². The van der Waals surface area contributed by atoms with E-state index >= 15 is 0 Å². The Balaban J connectivity index is 1.99. The Morgan fingerprint density at radius 2 is 1.56 bits per heavy atom. The summed E-state index contributed by atoms with van der Waals surface area (Å²) in [6, 6.07) is 19.8. The predicted octanol–water partition coefficient (Wildman–Crippen LogP) is 5.61. The van der Waals surface area contributed by atoms with E-state index in [0.29, 0.717) is 12.1 Å². The summed E-state index contributed by atoms with van der Waals surface area (Å²) in [5.41, 5.74) is 1.94. The highest BCUT2D eigenvalue weighted by Crippen LogP contribution is 2.36. The van der Waals surface area contributed by atoms with Gasteiger partial charge in [-0.1, -0.05) is 69.3 Å². The van der Waals surface area contributed by atoms with Crippen LogP contribution >= 0.6 is 0 Å². The average molecular weight is 384 g/mol. The van der Waals surface area contributed by atoms with Crippen LogP contribution in [-0.4, -0.2) is 27.4 Å². The van der Waals surface area contributed by atoms with E-state index in [4.69, 9.17) is 4.43 Å². The first-order chi connectivity index (χ1) is 12.7. The molecule has 0 aliphatic heterocycles. The number of hydrogen-bond donors (Lipinski definition) is 1. The molecule has 27 heavy (non-hydrogen) atoms. The highest BCUT2D eigenvalue weighted by atomic mass is 28.4. The Morgan fingerprint density at radius 3 is 2.11 bits per heavy atom. The largest absolute Gasteiger partial charge is 0.417 e. The molecule has 0 saturated carbocycles. The van der Waals surface area contributed by atoms with Gasteiger partial charge < -0.3 is 9.74 Å². The lowest BCUT2D eigenvalue weighted by atomic mass is 9.96. The van der Waals surface area contributed by atoms with Crippen LogP contribution in [0, 0.1) is 0 Å². The zero-order chi connectivity index (χ0) is 19.9. The van der Waals surface area contributed by atoms with Crippen molar-refractivity contribution in [2.24, 2.45) is 0 Å². The molecule has 1 amide bonds. The summed E-state index contributed by atoms with van der Waals surface area (Å²) in [7, 11) is -1.76. The van der Waals surface area contributed by atoms with Crippen LogP contribution in [0.25, 0.3) is 0 Å². The van der Waals surface area contributed by atoms with Crippen molar-refractivity contribution in [3.05, 3.63) is 71.8 Å². The summed E-state index contributed by atoms with van der Waals surface area (Å²) in [5.74, 6) is 0.213. The second-order valence-electron chi connectivity index (χ2n) is 8.58. The first kappa shape index (κ1) is 21.4. The van der Waals surface area contributed by atoms with E-state index in [2.05, 4.69) is 63.4 Å². The van der Waals surface area contributed by atoms with Crippen molar-refractivity contribution in [2.75, 3.05) is 13.2 Å². The minimum Gasteiger partial charge on any atom is -0.417 e. The van der Waals surface area contributed by atoms with E-state index in [-0.39, 0.29) is 16.9 Å². The number of benzene rings is 2. The summed E-state index contributed by atoms with van der Waals surface area (Å²) in [4.78, 5) is 12.4. The molecule has 1 unspecified atom stereocenters. The molecule has 2 aromatic rings. The Labute approximate surface area is 165 Å². The smallest absolute Gasteiger partial charge is 0.251 e. The zero-order valence-electron chi connectivity index (χ0n) is 17.3. The molecule has 1 N–H and O–H groups in total. The number of carbonyl (C=O) groups excluding carboxylic acids is 1. The van der Waals surface area contributed by atoms with Crippen LogP contribution in [0.15, 0.2) is 60.7 Å². The highest BCUT2D eigenvalue weighted by molar-refractivity contribution is 6.74. The van der Waals surface area contributed by atoms with Gasteiger partial charge in [0.2, 0.25) is 0 Å². The summed E-state index contributed by atoms with van der Waals surface area (Å²) < 4.78 is 6.36. The van der Waals surface area contributed by atoms with Crippen molar-refractivity contribution in [2.45, 2.75) is 51.2 Å². The zero-order valence-corrected chi connectivity index (χ0v) is 18.3. The Morgan fingerprint density at radius 1 is 1.00 bits per heavy atom. The quantitative estimate of drug-likeness (QED) is 0.602. The maximum absolute atomic E-state index is 12.4. The number of carbonyl (C=O) groups is 1. The Kier molecular flexibility index (Phi) is 7.39. The fourth-order valence-electron chi connectivity index (χ4n) is 2.69. The standard InChI is InChI=1S/C23H33NO2Si/c1-23(2,3)27(4,5)26-17-16-21(19-12-8-6-9-13-19)18-24-22(25)20-14-10-7-11-15-20/h6-15,21H,16-18H2,1-5H3,(H,24,25). The van der Waals surface area contributed by atoms with Crippen LogP contribution in [0.4, 0.5) is 0 Å². The van der Waals surface area contributed by atoms with E-state index in [0.717, 1.165) is 13.0 Å². The molecule has 1 atom stereocenters. The molecule has 2 aromatic carbocycles. The summed E-state index contributed by atoms with van der Waals surface area (Å²) in [5, 5.41) is 3.30. The number of hydrogen-bond acceptors (Lipinski definition) is 2. The predicted molar refractivity (Wildman–Crippen MR) is 116 cm³/mol. The van der Waals surface area contributed by atoms with Gasteiger partial charge in [0, 0.05) is 24.6 Å². The van der Waals surface area contributed by atoms with Gasteiger partial charge in [-0.25, -0.2) is 0 Å². The molecule has 0 bridgehead atoms. The van der Waals surface area contributed by atoms with Gasteiger partial charge in [-0.05, 0) is 42.2 Å². The Bertz CT molecular complexity index is 708. The van der Waals surface area contributed by atoms with Crippen LogP contribution in [-0.2, 0) is 4.43 Å². The molecule has 0 spiro atoms. The van der Waals surface area contributed by atoms with E-state index in [9.17, 15) is 4.79 Å². The lowest BCUT2D eigenvalue weighted by molar-refractivity contribution is 0.0949. The number of nitrogens with one attached hydrogen (secondary N) is 1. The van der Waals surface area contributed by atoms with Crippen molar-refractivity contribution < 1.29 is 9.22 Å². The molecule has 0 aromatic heterocycles. The fourth-order valence-corrected chi connectivity index (χ4v) is 3.75. The fraction of sp³-hybridized carbons (Fsp3) is 0.435. The van der Waals surface area contributed by atoms with Crippen LogP contribution in [0.5, 0.6) is 0 Å². The molecule has 0 heterocycles. The monoisotopic (exact) mass is 383 g/mol. The van der Waals surface area contributed by atoms with E-state index in [1.54, 1.807) is 0 Å². The second-order valence-corrected chi connectivity index (χ2v) is 13.4. The summed E-state index contributed by atoms with van der Waals surface area (Å²) in [6.07, 6.45) is 0.894. The molecule has 0 radical (unpaired) electrons. The van der Waals surface area contributed by atoms with Crippen LogP contribution in [0.3, 0.4) is 0 Å². The SMILES string of the molecule is CC(C)(C)[Si](C)(C)OCCC(CNC(=O)c1ccccc1)c1ccccc1. The molecule has 0 fully saturated rings. The first-order valence-electron chi connectivity index (χ1n) is 9.73. The highest BCUT2D eigenvalue weighted by Gasteiger charge is 2.37. The lowest BCUT2D eigenvalue weighted by Crippen LogP contribution is -2.41. The molecule has 3 nitrogen and oxygen atoms in total. The van der Waals surface area contributed by atoms with Crippen molar-refractivity contribution in [1.29, 1.82) is 0 Å². The average Bonchev–Trinajstić information content (AvgIpc) is 2.64. The van der Waals surface area contributed by atoms with E-state index in [1.807, 2.05) is 36.4 Å². The summed E-state index contributed by atoms with van der Waals surface area (Å²) in [6.45, 7) is 12.7. The third kappa shape index (κ3) is 6.33. The van der Waals surface area contributed by atoms with Crippen LogP contribution in [0.1, 0.15) is 49.0 Å². The van der Waals surface area contributed by atoms with Gasteiger partial charge in [-0.15, -0.1) is 0 Å². The first-order valence-corrected chi connectivity index (χ1v) is 12.6. The van der Waals surface area contributed by atoms with Gasteiger partial charge in [0.05, 0.1) is 0 Å². The second kappa shape index (κ2) is 9.33. The minimum atomic E-state index is -1.76.